The van der Waals surface area contributed by atoms with E-state index in [1.54, 1.807) is 13.1 Å². The van der Waals surface area contributed by atoms with Crippen molar-refractivity contribution < 1.29 is 4.74 Å². The first-order valence-corrected chi connectivity index (χ1v) is 10.5. The molecular formula is C21H27Cl2N5O. The average Bonchev–Trinajstić information content (AvgIpc) is 2.73. The summed E-state index contributed by atoms with van der Waals surface area (Å²) in [7, 11) is 1.75. The molecule has 2 aromatic rings. The van der Waals surface area contributed by atoms with E-state index in [0.717, 1.165) is 36.6 Å². The first-order valence-electron chi connectivity index (χ1n) is 9.70. The van der Waals surface area contributed by atoms with Crippen LogP contribution in [0.15, 0.2) is 41.5 Å². The SMILES string of the molecule is CN=C(NCc1ccnc(N2CCOC(C)C2)c1)NC(C)c1ccc(Cl)c(Cl)c1. The van der Waals surface area contributed by atoms with Crippen LogP contribution in [0.3, 0.4) is 0 Å². The number of guanidine groups is 1. The van der Waals surface area contributed by atoms with E-state index in [9.17, 15) is 0 Å². The van der Waals surface area contributed by atoms with Crippen LogP contribution in [-0.4, -0.2) is 43.8 Å². The van der Waals surface area contributed by atoms with Crippen LogP contribution in [0.2, 0.25) is 10.0 Å². The van der Waals surface area contributed by atoms with Crippen molar-refractivity contribution in [2.75, 3.05) is 31.6 Å². The van der Waals surface area contributed by atoms with Crippen molar-refractivity contribution in [3.8, 4) is 0 Å². The summed E-state index contributed by atoms with van der Waals surface area (Å²) in [6, 6.07) is 9.78. The molecule has 0 bridgehead atoms. The fourth-order valence-corrected chi connectivity index (χ4v) is 3.53. The third-order valence-electron chi connectivity index (χ3n) is 4.86. The number of ether oxygens (including phenoxy) is 1. The molecule has 1 fully saturated rings. The van der Waals surface area contributed by atoms with Crippen molar-refractivity contribution in [3.05, 3.63) is 57.7 Å². The zero-order valence-corrected chi connectivity index (χ0v) is 18.5. The smallest absolute Gasteiger partial charge is 0.191 e. The summed E-state index contributed by atoms with van der Waals surface area (Å²) >= 11 is 12.1. The Morgan fingerprint density at radius 3 is 2.86 bits per heavy atom. The molecule has 156 valence electrons. The maximum Gasteiger partial charge on any atom is 0.191 e. The maximum absolute atomic E-state index is 6.13. The standard InChI is InChI=1S/C21H27Cl2N5O/c1-14-13-28(8-9-29-14)20-10-16(6-7-25-20)12-26-21(24-3)27-15(2)17-4-5-18(22)19(23)11-17/h4-7,10-11,14-15H,8-9,12-13H2,1-3H3,(H2,24,26,27). The van der Waals surface area contributed by atoms with Crippen LogP contribution in [0.25, 0.3) is 0 Å². The van der Waals surface area contributed by atoms with E-state index in [2.05, 4.69) is 45.4 Å². The highest BCUT2D eigenvalue weighted by Crippen LogP contribution is 2.25. The number of aromatic nitrogens is 1. The Balaban J connectivity index is 1.59. The van der Waals surface area contributed by atoms with E-state index < -0.39 is 0 Å². The third-order valence-corrected chi connectivity index (χ3v) is 5.59. The van der Waals surface area contributed by atoms with Crippen LogP contribution in [0.5, 0.6) is 0 Å². The van der Waals surface area contributed by atoms with Crippen molar-refractivity contribution in [1.82, 2.24) is 15.6 Å². The molecule has 0 spiro atoms. The Kier molecular flexibility index (Phi) is 7.58. The predicted octanol–water partition coefficient (Wildman–Crippen LogP) is 4.04. The number of aliphatic imine (C=N–C) groups is 1. The second kappa shape index (κ2) is 10.1. The summed E-state index contributed by atoms with van der Waals surface area (Å²) < 4.78 is 5.62. The first-order chi connectivity index (χ1) is 14.0. The average molecular weight is 436 g/mol. The van der Waals surface area contributed by atoms with Gasteiger partial charge in [0.05, 0.1) is 28.8 Å². The van der Waals surface area contributed by atoms with Gasteiger partial charge in [-0.15, -0.1) is 0 Å². The van der Waals surface area contributed by atoms with E-state index in [1.165, 1.54) is 0 Å². The molecule has 2 atom stereocenters. The zero-order chi connectivity index (χ0) is 20.8. The number of anilines is 1. The molecule has 0 amide bonds. The van der Waals surface area contributed by atoms with E-state index in [-0.39, 0.29) is 12.1 Å². The normalized spacial score (nSPS) is 18.4. The van der Waals surface area contributed by atoms with E-state index in [1.807, 2.05) is 24.4 Å². The lowest BCUT2D eigenvalue weighted by Crippen LogP contribution is -2.41. The molecule has 2 heterocycles. The van der Waals surface area contributed by atoms with Crippen LogP contribution in [0, 0.1) is 0 Å². The number of hydrogen-bond donors (Lipinski definition) is 2. The summed E-state index contributed by atoms with van der Waals surface area (Å²) in [6.45, 7) is 7.23. The largest absolute Gasteiger partial charge is 0.375 e. The molecule has 0 saturated carbocycles. The zero-order valence-electron chi connectivity index (χ0n) is 17.0. The summed E-state index contributed by atoms with van der Waals surface area (Å²) in [6.07, 6.45) is 2.07. The first kappa shape index (κ1) is 21.7. The van der Waals surface area contributed by atoms with Gasteiger partial charge in [-0.25, -0.2) is 4.98 Å². The van der Waals surface area contributed by atoms with Crippen molar-refractivity contribution in [2.24, 2.45) is 4.99 Å². The van der Waals surface area contributed by atoms with Crippen LogP contribution in [-0.2, 0) is 11.3 Å². The fraction of sp³-hybridized carbons (Fsp3) is 0.429. The number of nitrogens with zero attached hydrogens (tertiary/aromatic N) is 3. The Labute approximate surface area is 182 Å². The predicted molar refractivity (Wildman–Crippen MR) is 120 cm³/mol. The summed E-state index contributed by atoms with van der Waals surface area (Å²) in [5, 5.41) is 7.83. The van der Waals surface area contributed by atoms with Gasteiger partial charge in [-0.1, -0.05) is 29.3 Å². The fourth-order valence-electron chi connectivity index (χ4n) is 3.22. The number of nitrogens with one attached hydrogen (secondary N) is 2. The molecule has 6 nitrogen and oxygen atoms in total. The van der Waals surface area contributed by atoms with Gasteiger partial charge in [-0.2, -0.15) is 0 Å². The Morgan fingerprint density at radius 1 is 1.31 bits per heavy atom. The van der Waals surface area contributed by atoms with Crippen molar-refractivity contribution in [2.45, 2.75) is 32.5 Å². The minimum atomic E-state index is 0.0267. The molecule has 0 aliphatic carbocycles. The maximum atomic E-state index is 6.13. The molecule has 8 heteroatoms. The number of halogens is 2. The minimum absolute atomic E-state index is 0.0267. The van der Waals surface area contributed by atoms with Gasteiger partial charge < -0.3 is 20.3 Å². The Hall–Kier alpha value is -2.02. The lowest BCUT2D eigenvalue weighted by atomic mass is 10.1. The van der Waals surface area contributed by atoms with Crippen LogP contribution in [0.1, 0.15) is 31.0 Å². The molecule has 1 saturated heterocycles. The number of benzene rings is 1. The molecule has 3 rings (SSSR count). The van der Waals surface area contributed by atoms with Gasteiger partial charge in [0.2, 0.25) is 0 Å². The Bertz CT molecular complexity index is 861. The third kappa shape index (κ3) is 5.98. The molecule has 2 N–H and O–H groups in total. The highest BCUT2D eigenvalue weighted by molar-refractivity contribution is 6.42. The monoisotopic (exact) mass is 435 g/mol. The quantitative estimate of drug-likeness (QED) is 0.547. The number of rotatable bonds is 5. The van der Waals surface area contributed by atoms with Gasteiger partial charge in [0.25, 0.3) is 0 Å². The van der Waals surface area contributed by atoms with Gasteiger partial charge in [-0.3, -0.25) is 4.99 Å². The molecular weight excluding hydrogens is 409 g/mol. The van der Waals surface area contributed by atoms with Gasteiger partial charge in [0, 0.05) is 32.9 Å². The minimum Gasteiger partial charge on any atom is -0.375 e. The second-order valence-corrected chi connectivity index (χ2v) is 7.93. The Morgan fingerprint density at radius 2 is 2.14 bits per heavy atom. The van der Waals surface area contributed by atoms with Gasteiger partial charge in [0.15, 0.2) is 5.96 Å². The van der Waals surface area contributed by atoms with Crippen LogP contribution < -0.4 is 15.5 Å². The van der Waals surface area contributed by atoms with Gasteiger partial charge in [0.1, 0.15) is 5.82 Å². The van der Waals surface area contributed by atoms with Crippen LogP contribution >= 0.6 is 23.2 Å². The van der Waals surface area contributed by atoms with Crippen molar-refractivity contribution >= 4 is 35.0 Å². The summed E-state index contributed by atoms with van der Waals surface area (Å²) in [5.74, 6) is 1.69. The molecule has 0 radical (unpaired) electrons. The van der Waals surface area contributed by atoms with Gasteiger partial charge in [-0.05, 0) is 49.2 Å². The van der Waals surface area contributed by atoms with E-state index >= 15 is 0 Å². The lowest BCUT2D eigenvalue weighted by Gasteiger charge is -2.32. The molecule has 2 unspecified atom stereocenters. The van der Waals surface area contributed by atoms with E-state index in [4.69, 9.17) is 27.9 Å². The molecule has 1 aliphatic heterocycles. The highest BCUT2D eigenvalue weighted by Gasteiger charge is 2.18. The van der Waals surface area contributed by atoms with Crippen LogP contribution in [0.4, 0.5) is 5.82 Å². The summed E-state index contributed by atoms with van der Waals surface area (Å²) in [5.41, 5.74) is 2.18. The molecule has 1 aliphatic rings. The molecule has 1 aromatic carbocycles. The van der Waals surface area contributed by atoms with Crippen molar-refractivity contribution in [3.63, 3.8) is 0 Å². The second-order valence-electron chi connectivity index (χ2n) is 7.12. The van der Waals surface area contributed by atoms with E-state index in [0.29, 0.717) is 22.5 Å². The molecule has 29 heavy (non-hydrogen) atoms. The number of morpholine rings is 1. The number of pyridine rings is 1. The summed E-state index contributed by atoms with van der Waals surface area (Å²) in [4.78, 5) is 11.1. The molecule has 1 aromatic heterocycles. The van der Waals surface area contributed by atoms with Crippen molar-refractivity contribution in [1.29, 1.82) is 0 Å². The van der Waals surface area contributed by atoms with Gasteiger partial charge >= 0.3 is 0 Å². The highest BCUT2D eigenvalue weighted by atomic mass is 35.5. The number of hydrogen-bond acceptors (Lipinski definition) is 4. The lowest BCUT2D eigenvalue weighted by molar-refractivity contribution is 0.0529. The topological polar surface area (TPSA) is 61.8 Å².